The van der Waals surface area contributed by atoms with Crippen molar-refractivity contribution in [3.63, 3.8) is 0 Å². The first-order valence-electron chi connectivity index (χ1n) is 4.90. The van der Waals surface area contributed by atoms with Gasteiger partial charge in [0.15, 0.2) is 5.69 Å². The minimum atomic E-state index is -0.367. The van der Waals surface area contributed by atoms with E-state index in [1.54, 1.807) is 6.07 Å². The molecule has 4 heteroatoms. The molecule has 0 spiro atoms. The standard InChI is InChI=1S/C12H11NO2S/c1-9-7-11(13-16-9)12(14)15-8-10-5-3-2-4-6-10/h2-7H,8H2,1H3. The maximum Gasteiger partial charge on any atom is 0.358 e. The van der Waals surface area contributed by atoms with E-state index in [0.29, 0.717) is 5.69 Å². The molecule has 0 aliphatic heterocycles. The molecule has 0 aliphatic rings. The number of aryl methyl sites for hydroxylation is 1. The smallest absolute Gasteiger partial charge is 0.358 e. The maximum absolute atomic E-state index is 11.6. The Labute approximate surface area is 97.9 Å². The summed E-state index contributed by atoms with van der Waals surface area (Å²) in [5.74, 6) is -0.367. The van der Waals surface area contributed by atoms with Gasteiger partial charge in [-0.3, -0.25) is 0 Å². The fraction of sp³-hybridized carbons (Fsp3) is 0.167. The molecule has 0 saturated carbocycles. The molecule has 0 atom stereocenters. The van der Waals surface area contributed by atoms with E-state index < -0.39 is 0 Å². The van der Waals surface area contributed by atoms with E-state index in [2.05, 4.69) is 4.37 Å². The van der Waals surface area contributed by atoms with Crippen LogP contribution in [0.3, 0.4) is 0 Å². The average Bonchev–Trinajstić information content (AvgIpc) is 2.74. The minimum absolute atomic E-state index is 0.288. The number of carbonyl (C=O) groups excluding carboxylic acids is 1. The van der Waals surface area contributed by atoms with Crippen molar-refractivity contribution in [3.8, 4) is 0 Å². The summed E-state index contributed by atoms with van der Waals surface area (Å²) in [5.41, 5.74) is 1.36. The zero-order chi connectivity index (χ0) is 11.4. The van der Waals surface area contributed by atoms with Gasteiger partial charge in [-0.15, -0.1) is 0 Å². The summed E-state index contributed by atoms with van der Waals surface area (Å²) in [7, 11) is 0. The molecule has 0 radical (unpaired) electrons. The third-order valence-corrected chi connectivity index (χ3v) is 2.74. The summed E-state index contributed by atoms with van der Waals surface area (Å²) in [6.07, 6.45) is 0. The van der Waals surface area contributed by atoms with Crippen LogP contribution < -0.4 is 0 Å². The molecule has 3 nitrogen and oxygen atoms in total. The van der Waals surface area contributed by atoms with Crippen LogP contribution in [0.4, 0.5) is 0 Å². The third kappa shape index (κ3) is 2.67. The Bertz CT molecular complexity index is 479. The predicted octanol–water partition coefficient (Wildman–Crippen LogP) is 2.81. The van der Waals surface area contributed by atoms with Crippen LogP contribution >= 0.6 is 11.5 Å². The van der Waals surface area contributed by atoms with Crippen molar-refractivity contribution in [2.75, 3.05) is 0 Å². The van der Waals surface area contributed by atoms with Crippen LogP contribution in [-0.2, 0) is 11.3 Å². The molecular weight excluding hydrogens is 222 g/mol. The van der Waals surface area contributed by atoms with E-state index in [9.17, 15) is 4.79 Å². The number of aromatic nitrogens is 1. The number of esters is 1. The van der Waals surface area contributed by atoms with Crippen LogP contribution in [0.1, 0.15) is 20.9 Å². The van der Waals surface area contributed by atoms with Crippen molar-refractivity contribution < 1.29 is 9.53 Å². The second kappa shape index (κ2) is 4.90. The third-order valence-electron chi connectivity index (χ3n) is 2.05. The molecule has 1 aromatic carbocycles. The van der Waals surface area contributed by atoms with E-state index >= 15 is 0 Å². The van der Waals surface area contributed by atoms with E-state index in [-0.39, 0.29) is 12.6 Å². The zero-order valence-electron chi connectivity index (χ0n) is 8.84. The lowest BCUT2D eigenvalue weighted by Gasteiger charge is -2.02. The first-order chi connectivity index (χ1) is 7.75. The summed E-state index contributed by atoms with van der Waals surface area (Å²) in [6, 6.07) is 11.3. The molecule has 1 heterocycles. The quantitative estimate of drug-likeness (QED) is 0.765. The highest BCUT2D eigenvalue weighted by Gasteiger charge is 2.10. The lowest BCUT2D eigenvalue weighted by atomic mass is 10.2. The summed E-state index contributed by atoms with van der Waals surface area (Å²) < 4.78 is 9.13. The molecule has 16 heavy (non-hydrogen) atoms. The normalized spacial score (nSPS) is 10.1. The van der Waals surface area contributed by atoms with Crippen molar-refractivity contribution in [2.45, 2.75) is 13.5 Å². The van der Waals surface area contributed by atoms with Crippen LogP contribution in [0.25, 0.3) is 0 Å². The molecule has 0 aliphatic carbocycles. The number of hydrogen-bond acceptors (Lipinski definition) is 4. The van der Waals surface area contributed by atoms with Crippen LogP contribution in [0.15, 0.2) is 36.4 Å². The van der Waals surface area contributed by atoms with Gasteiger partial charge in [-0.25, -0.2) is 4.79 Å². The molecule has 0 unspecified atom stereocenters. The van der Waals surface area contributed by atoms with Crippen molar-refractivity contribution >= 4 is 17.5 Å². The van der Waals surface area contributed by atoms with Crippen molar-refractivity contribution in [1.82, 2.24) is 4.37 Å². The van der Waals surface area contributed by atoms with Gasteiger partial charge in [0.2, 0.25) is 0 Å². The average molecular weight is 233 g/mol. The Balaban J connectivity index is 1.94. The molecule has 0 fully saturated rings. The Hall–Kier alpha value is -1.68. The molecule has 1 aromatic heterocycles. The maximum atomic E-state index is 11.6. The van der Waals surface area contributed by atoms with E-state index in [0.717, 1.165) is 10.4 Å². The monoisotopic (exact) mass is 233 g/mol. The molecule has 2 rings (SSSR count). The van der Waals surface area contributed by atoms with Crippen molar-refractivity contribution in [3.05, 3.63) is 52.5 Å². The van der Waals surface area contributed by atoms with Crippen LogP contribution in [0, 0.1) is 6.92 Å². The molecule has 0 bridgehead atoms. The lowest BCUT2D eigenvalue weighted by molar-refractivity contribution is 0.0467. The van der Waals surface area contributed by atoms with Gasteiger partial charge in [0, 0.05) is 4.88 Å². The van der Waals surface area contributed by atoms with Crippen LogP contribution in [0.2, 0.25) is 0 Å². The van der Waals surface area contributed by atoms with Crippen molar-refractivity contribution in [2.24, 2.45) is 0 Å². The van der Waals surface area contributed by atoms with Gasteiger partial charge in [0.25, 0.3) is 0 Å². The Morgan fingerprint density at radius 2 is 2.12 bits per heavy atom. The van der Waals surface area contributed by atoms with Gasteiger partial charge in [-0.2, -0.15) is 4.37 Å². The summed E-state index contributed by atoms with van der Waals surface area (Å²) >= 11 is 1.30. The number of hydrogen-bond donors (Lipinski definition) is 0. The van der Waals surface area contributed by atoms with Crippen LogP contribution in [-0.4, -0.2) is 10.3 Å². The predicted molar refractivity (Wildman–Crippen MR) is 62.4 cm³/mol. The SMILES string of the molecule is Cc1cc(C(=O)OCc2ccccc2)ns1. The number of carbonyl (C=O) groups is 1. The van der Waals surface area contributed by atoms with E-state index in [1.807, 2.05) is 37.3 Å². The van der Waals surface area contributed by atoms with Gasteiger partial charge in [0.1, 0.15) is 6.61 Å². The molecule has 0 N–H and O–H groups in total. The lowest BCUT2D eigenvalue weighted by Crippen LogP contribution is -2.05. The summed E-state index contributed by atoms with van der Waals surface area (Å²) in [6.45, 7) is 2.20. The Kier molecular flexibility index (Phi) is 3.31. The largest absolute Gasteiger partial charge is 0.456 e. The molecule has 82 valence electrons. The summed E-state index contributed by atoms with van der Waals surface area (Å²) in [5, 5.41) is 0. The van der Waals surface area contributed by atoms with Gasteiger partial charge in [-0.1, -0.05) is 30.3 Å². The highest BCUT2D eigenvalue weighted by Crippen LogP contribution is 2.10. The highest BCUT2D eigenvalue weighted by atomic mass is 32.1. The second-order valence-corrected chi connectivity index (χ2v) is 4.39. The molecule has 0 saturated heterocycles. The fourth-order valence-electron chi connectivity index (χ4n) is 1.26. The molecule has 2 aromatic rings. The second-order valence-electron chi connectivity index (χ2n) is 3.38. The Morgan fingerprint density at radius 3 is 2.75 bits per heavy atom. The minimum Gasteiger partial charge on any atom is -0.456 e. The number of nitrogens with zero attached hydrogens (tertiary/aromatic N) is 1. The van der Waals surface area contributed by atoms with Crippen molar-refractivity contribution in [1.29, 1.82) is 0 Å². The zero-order valence-corrected chi connectivity index (χ0v) is 9.66. The van der Waals surface area contributed by atoms with Gasteiger partial charge in [0.05, 0.1) is 0 Å². The van der Waals surface area contributed by atoms with Gasteiger partial charge in [-0.05, 0) is 30.1 Å². The van der Waals surface area contributed by atoms with Gasteiger partial charge < -0.3 is 4.74 Å². The topological polar surface area (TPSA) is 39.2 Å². The number of ether oxygens (including phenoxy) is 1. The fourth-order valence-corrected chi connectivity index (χ4v) is 1.79. The first kappa shape index (κ1) is 10.8. The summed E-state index contributed by atoms with van der Waals surface area (Å²) in [4.78, 5) is 12.6. The van der Waals surface area contributed by atoms with E-state index in [1.165, 1.54) is 11.5 Å². The van der Waals surface area contributed by atoms with Crippen LogP contribution in [0.5, 0.6) is 0 Å². The first-order valence-corrected chi connectivity index (χ1v) is 5.67. The Morgan fingerprint density at radius 1 is 1.38 bits per heavy atom. The number of rotatable bonds is 3. The van der Waals surface area contributed by atoms with Gasteiger partial charge >= 0.3 is 5.97 Å². The highest BCUT2D eigenvalue weighted by molar-refractivity contribution is 7.05. The molecular formula is C12H11NO2S. The van der Waals surface area contributed by atoms with E-state index in [4.69, 9.17) is 4.74 Å². The molecule has 0 amide bonds. The number of benzene rings is 1.